The van der Waals surface area contributed by atoms with Gasteiger partial charge in [0.2, 0.25) is 0 Å². The Hall–Kier alpha value is -2.47. The van der Waals surface area contributed by atoms with Crippen LogP contribution in [0.5, 0.6) is 0 Å². The topological polar surface area (TPSA) is 62.1 Å². The summed E-state index contributed by atoms with van der Waals surface area (Å²) < 4.78 is 0. The highest BCUT2D eigenvalue weighted by Gasteiger charge is 2.45. The van der Waals surface area contributed by atoms with Gasteiger partial charge in [-0.25, -0.2) is 9.69 Å². The van der Waals surface area contributed by atoms with Crippen molar-refractivity contribution in [3.05, 3.63) is 42.0 Å². The Balaban J connectivity index is 1.64. The number of rotatable bonds is 5. The average Bonchev–Trinajstić information content (AvgIpc) is 2.81. The van der Waals surface area contributed by atoms with Crippen molar-refractivity contribution >= 4 is 23.4 Å². The Kier molecular flexibility index (Phi) is 4.76. The van der Waals surface area contributed by atoms with E-state index in [1.165, 1.54) is 11.1 Å². The van der Waals surface area contributed by atoms with Gasteiger partial charge in [-0.2, -0.15) is 0 Å². The Morgan fingerprint density at radius 2 is 1.75 bits per heavy atom. The van der Waals surface area contributed by atoms with E-state index in [0.717, 1.165) is 34.2 Å². The number of hydrogen-bond acceptors (Lipinski definition) is 3. The molecule has 1 N–H and O–H groups in total. The van der Waals surface area contributed by atoms with E-state index in [1.54, 1.807) is 0 Å². The summed E-state index contributed by atoms with van der Waals surface area (Å²) in [5, 5.41) is 0. The van der Waals surface area contributed by atoms with E-state index in [-0.39, 0.29) is 6.67 Å². The summed E-state index contributed by atoms with van der Waals surface area (Å²) in [5.74, 6) is -1.39. The van der Waals surface area contributed by atoms with E-state index in [2.05, 4.69) is 18.2 Å². The molecule has 1 atom stereocenters. The van der Waals surface area contributed by atoms with Gasteiger partial charge in [0.1, 0.15) is 0 Å². The summed E-state index contributed by atoms with van der Waals surface area (Å²) in [7, 11) is 0. The fourth-order valence-corrected chi connectivity index (χ4v) is 3.18. The van der Waals surface area contributed by atoms with Crippen LogP contribution in [0, 0.1) is 0 Å². The van der Waals surface area contributed by atoms with E-state index in [0.29, 0.717) is 13.0 Å². The standard InChI is InChI=1S/C18H21N3O3/c1-2-10-20-16(22)17(23)21(18(20)24)13-19-11-8-15(9-12-19)14-6-4-3-5-7-14/h3-8H,2,9-13H2,1H3/p+1. The fourth-order valence-electron chi connectivity index (χ4n) is 3.18. The number of carbonyl (C=O) groups is 3. The summed E-state index contributed by atoms with van der Waals surface area (Å²) in [6, 6.07) is 9.73. The molecule has 1 saturated heterocycles. The van der Waals surface area contributed by atoms with Crippen LogP contribution in [0.15, 0.2) is 36.4 Å². The molecule has 3 rings (SSSR count). The minimum absolute atomic E-state index is 0.252. The second kappa shape index (κ2) is 6.97. The lowest BCUT2D eigenvalue weighted by Gasteiger charge is -2.26. The third-order valence-electron chi connectivity index (χ3n) is 4.49. The molecule has 2 heterocycles. The van der Waals surface area contributed by atoms with Gasteiger partial charge in [-0.3, -0.25) is 14.5 Å². The van der Waals surface area contributed by atoms with Crippen LogP contribution in [0.3, 0.4) is 0 Å². The number of quaternary nitrogens is 1. The highest BCUT2D eigenvalue weighted by molar-refractivity contribution is 6.44. The minimum atomic E-state index is -0.696. The van der Waals surface area contributed by atoms with Crippen LogP contribution >= 0.6 is 0 Å². The molecule has 4 amide bonds. The number of benzene rings is 1. The van der Waals surface area contributed by atoms with Gasteiger partial charge in [0.25, 0.3) is 0 Å². The van der Waals surface area contributed by atoms with Gasteiger partial charge in [-0.15, -0.1) is 0 Å². The lowest BCUT2D eigenvalue weighted by molar-refractivity contribution is -0.902. The Bertz CT molecular complexity index is 684. The number of imide groups is 2. The molecule has 6 heteroatoms. The number of hydrogen-bond donors (Lipinski definition) is 1. The van der Waals surface area contributed by atoms with Crippen molar-refractivity contribution in [2.45, 2.75) is 19.8 Å². The first-order valence-corrected chi connectivity index (χ1v) is 8.37. The molecule has 2 aliphatic rings. The van der Waals surface area contributed by atoms with E-state index < -0.39 is 17.8 Å². The number of nitrogens with one attached hydrogen (secondary N) is 1. The van der Waals surface area contributed by atoms with Crippen LogP contribution in [-0.2, 0) is 9.59 Å². The summed E-state index contributed by atoms with van der Waals surface area (Å²) in [4.78, 5) is 39.4. The van der Waals surface area contributed by atoms with Crippen molar-refractivity contribution in [2.24, 2.45) is 0 Å². The summed E-state index contributed by atoms with van der Waals surface area (Å²) in [5.41, 5.74) is 2.51. The molecule has 1 aromatic rings. The predicted molar refractivity (Wildman–Crippen MR) is 88.8 cm³/mol. The zero-order chi connectivity index (χ0) is 17.1. The SMILES string of the molecule is CCCN1C(=O)C(=O)N(C[NH+]2CC=C(c3ccccc3)CC2)C1=O. The second-order valence-electron chi connectivity index (χ2n) is 6.18. The van der Waals surface area contributed by atoms with Crippen LogP contribution in [-0.4, -0.2) is 53.9 Å². The molecule has 1 unspecified atom stereocenters. The smallest absolute Gasteiger partial charge is 0.314 e. The molecule has 0 radical (unpaired) electrons. The first-order valence-electron chi connectivity index (χ1n) is 8.37. The van der Waals surface area contributed by atoms with Gasteiger partial charge in [-0.1, -0.05) is 37.3 Å². The van der Waals surface area contributed by atoms with Crippen molar-refractivity contribution in [3.63, 3.8) is 0 Å². The van der Waals surface area contributed by atoms with Gasteiger partial charge >= 0.3 is 17.8 Å². The predicted octanol–water partition coefficient (Wildman–Crippen LogP) is 0.517. The number of amides is 4. The number of nitrogens with zero attached hydrogens (tertiary/aromatic N) is 2. The van der Waals surface area contributed by atoms with Crippen molar-refractivity contribution in [1.82, 2.24) is 9.80 Å². The van der Waals surface area contributed by atoms with E-state index in [4.69, 9.17) is 0 Å². The monoisotopic (exact) mass is 328 g/mol. The van der Waals surface area contributed by atoms with Crippen molar-refractivity contribution in [2.75, 3.05) is 26.3 Å². The lowest BCUT2D eigenvalue weighted by Crippen LogP contribution is -3.14. The van der Waals surface area contributed by atoms with Gasteiger partial charge < -0.3 is 4.90 Å². The molecule has 1 aromatic carbocycles. The zero-order valence-electron chi connectivity index (χ0n) is 13.8. The molecule has 0 aromatic heterocycles. The normalized spacial score (nSPS) is 21.5. The van der Waals surface area contributed by atoms with Crippen molar-refractivity contribution in [3.8, 4) is 0 Å². The van der Waals surface area contributed by atoms with Crippen LogP contribution < -0.4 is 4.90 Å². The Labute approximate surface area is 141 Å². The highest BCUT2D eigenvalue weighted by atomic mass is 16.2. The Morgan fingerprint density at radius 1 is 1.04 bits per heavy atom. The van der Waals surface area contributed by atoms with Gasteiger partial charge in [0, 0.05) is 13.0 Å². The van der Waals surface area contributed by atoms with Crippen LogP contribution in [0.25, 0.3) is 5.57 Å². The maximum atomic E-state index is 12.3. The number of carbonyl (C=O) groups excluding carboxylic acids is 3. The second-order valence-corrected chi connectivity index (χ2v) is 6.18. The molecule has 0 spiro atoms. The van der Waals surface area contributed by atoms with Crippen molar-refractivity contribution < 1.29 is 19.3 Å². The van der Waals surface area contributed by atoms with E-state index in [9.17, 15) is 14.4 Å². The van der Waals surface area contributed by atoms with Gasteiger partial charge in [0.15, 0.2) is 6.67 Å². The number of urea groups is 1. The third kappa shape index (κ3) is 3.10. The summed E-state index contributed by atoms with van der Waals surface area (Å²) in [6.45, 7) is 4.00. The quantitative estimate of drug-likeness (QED) is 0.633. The molecule has 6 nitrogen and oxygen atoms in total. The van der Waals surface area contributed by atoms with Crippen LogP contribution in [0.4, 0.5) is 4.79 Å². The highest BCUT2D eigenvalue weighted by Crippen LogP contribution is 2.18. The molecule has 0 aliphatic carbocycles. The first-order chi connectivity index (χ1) is 11.6. The summed E-state index contributed by atoms with van der Waals surface area (Å²) >= 11 is 0. The molecule has 126 valence electrons. The van der Waals surface area contributed by atoms with Crippen LogP contribution in [0.1, 0.15) is 25.3 Å². The molecular formula is C18H22N3O3+. The van der Waals surface area contributed by atoms with E-state index in [1.807, 2.05) is 25.1 Å². The first kappa shape index (κ1) is 16.4. The maximum Gasteiger partial charge on any atom is 0.338 e. The van der Waals surface area contributed by atoms with E-state index >= 15 is 0 Å². The molecular weight excluding hydrogens is 306 g/mol. The molecule has 0 saturated carbocycles. The maximum absolute atomic E-state index is 12.3. The molecule has 1 fully saturated rings. The fraction of sp³-hybridized carbons (Fsp3) is 0.389. The van der Waals surface area contributed by atoms with Gasteiger partial charge in [0.05, 0.1) is 13.1 Å². The minimum Gasteiger partial charge on any atom is -0.314 e. The van der Waals surface area contributed by atoms with Crippen molar-refractivity contribution in [1.29, 1.82) is 0 Å². The average molecular weight is 328 g/mol. The van der Waals surface area contributed by atoms with Gasteiger partial charge in [-0.05, 0) is 23.6 Å². The molecule has 0 bridgehead atoms. The zero-order valence-corrected chi connectivity index (χ0v) is 13.8. The summed E-state index contributed by atoms with van der Waals surface area (Å²) in [6.07, 6.45) is 3.70. The van der Waals surface area contributed by atoms with Crippen LogP contribution in [0.2, 0.25) is 0 Å². The molecule has 24 heavy (non-hydrogen) atoms. The third-order valence-corrected chi connectivity index (χ3v) is 4.49. The largest absolute Gasteiger partial charge is 0.338 e. The lowest BCUT2D eigenvalue weighted by atomic mass is 10.00. The Morgan fingerprint density at radius 3 is 2.38 bits per heavy atom. The molecule has 2 aliphatic heterocycles.